The molecule has 0 saturated heterocycles. The number of hydrogen-bond acceptors (Lipinski definition) is 3. The Morgan fingerprint density at radius 1 is 1.40 bits per heavy atom. The fourth-order valence-corrected chi connectivity index (χ4v) is 2.48. The van der Waals surface area contributed by atoms with Crippen LogP contribution in [0.2, 0.25) is 0 Å². The summed E-state index contributed by atoms with van der Waals surface area (Å²) >= 11 is 4.78. The molecule has 2 heterocycles. The van der Waals surface area contributed by atoms with E-state index < -0.39 is 0 Å². The number of halogens is 1. The average molecular weight is 284 g/mol. The summed E-state index contributed by atoms with van der Waals surface area (Å²) in [5.41, 5.74) is 2.04. The number of aryl methyl sites for hydroxylation is 1. The fraction of sp³-hybridized carbons (Fsp3) is 0.200. The van der Waals surface area contributed by atoms with Crippen molar-refractivity contribution >= 4 is 27.3 Å². The van der Waals surface area contributed by atoms with Crippen molar-refractivity contribution in [2.45, 2.75) is 13.8 Å². The Hall–Kier alpha value is -0.940. The first kappa shape index (κ1) is 10.6. The SMILES string of the molecule is Cc1sc(=N)n(-c2ccc(Br)nc2)c1C. The molecule has 15 heavy (non-hydrogen) atoms. The minimum Gasteiger partial charge on any atom is -0.288 e. The smallest absolute Gasteiger partial charge is 0.187 e. The van der Waals surface area contributed by atoms with Crippen LogP contribution in [0.4, 0.5) is 0 Å². The van der Waals surface area contributed by atoms with Gasteiger partial charge in [0.05, 0.1) is 11.9 Å². The van der Waals surface area contributed by atoms with Crippen molar-refractivity contribution < 1.29 is 0 Å². The van der Waals surface area contributed by atoms with Crippen molar-refractivity contribution in [2.24, 2.45) is 0 Å². The number of nitrogens with zero attached hydrogens (tertiary/aromatic N) is 2. The van der Waals surface area contributed by atoms with Crippen LogP contribution in [-0.4, -0.2) is 9.55 Å². The molecule has 0 bridgehead atoms. The van der Waals surface area contributed by atoms with E-state index in [-0.39, 0.29) is 0 Å². The highest BCUT2D eigenvalue weighted by molar-refractivity contribution is 9.10. The fourth-order valence-electron chi connectivity index (χ4n) is 1.39. The summed E-state index contributed by atoms with van der Waals surface area (Å²) < 4.78 is 2.71. The predicted molar refractivity (Wildman–Crippen MR) is 64.5 cm³/mol. The first-order valence-electron chi connectivity index (χ1n) is 4.45. The maximum atomic E-state index is 7.87. The normalized spacial score (nSPS) is 10.6. The molecule has 0 aliphatic heterocycles. The van der Waals surface area contributed by atoms with Crippen LogP contribution in [0, 0.1) is 19.3 Å². The molecule has 5 heteroatoms. The molecule has 2 rings (SSSR count). The molecule has 78 valence electrons. The van der Waals surface area contributed by atoms with Gasteiger partial charge in [0.1, 0.15) is 4.60 Å². The van der Waals surface area contributed by atoms with Gasteiger partial charge in [0.2, 0.25) is 0 Å². The van der Waals surface area contributed by atoms with Crippen molar-refractivity contribution in [1.82, 2.24) is 9.55 Å². The monoisotopic (exact) mass is 283 g/mol. The van der Waals surface area contributed by atoms with Gasteiger partial charge in [-0.1, -0.05) is 0 Å². The van der Waals surface area contributed by atoms with Gasteiger partial charge >= 0.3 is 0 Å². The van der Waals surface area contributed by atoms with Gasteiger partial charge < -0.3 is 0 Å². The van der Waals surface area contributed by atoms with Crippen molar-refractivity contribution in [3.63, 3.8) is 0 Å². The Kier molecular flexibility index (Phi) is 2.75. The number of hydrogen-bond donors (Lipinski definition) is 1. The van der Waals surface area contributed by atoms with E-state index in [0.29, 0.717) is 4.80 Å². The van der Waals surface area contributed by atoms with Crippen LogP contribution in [0.25, 0.3) is 5.69 Å². The molecule has 0 radical (unpaired) electrons. The maximum Gasteiger partial charge on any atom is 0.187 e. The molecule has 0 aromatic carbocycles. The molecule has 0 fully saturated rings. The van der Waals surface area contributed by atoms with Gasteiger partial charge in [-0.2, -0.15) is 0 Å². The topological polar surface area (TPSA) is 41.7 Å². The van der Waals surface area contributed by atoms with E-state index in [0.717, 1.165) is 16.0 Å². The van der Waals surface area contributed by atoms with Gasteiger partial charge in [-0.25, -0.2) is 4.98 Å². The third kappa shape index (κ3) is 1.89. The molecule has 0 spiro atoms. The quantitative estimate of drug-likeness (QED) is 0.804. The van der Waals surface area contributed by atoms with Crippen molar-refractivity contribution in [2.75, 3.05) is 0 Å². The number of aromatic nitrogens is 2. The van der Waals surface area contributed by atoms with E-state index in [1.165, 1.54) is 16.2 Å². The molecule has 2 aromatic rings. The zero-order valence-electron chi connectivity index (χ0n) is 8.41. The van der Waals surface area contributed by atoms with Gasteiger partial charge in [-0.05, 0) is 41.9 Å². The summed E-state index contributed by atoms with van der Waals surface area (Å²) in [5.74, 6) is 0. The second kappa shape index (κ2) is 3.90. The summed E-state index contributed by atoms with van der Waals surface area (Å²) in [4.78, 5) is 5.87. The van der Waals surface area contributed by atoms with Crippen LogP contribution in [-0.2, 0) is 0 Å². The zero-order valence-corrected chi connectivity index (χ0v) is 10.8. The summed E-state index contributed by atoms with van der Waals surface area (Å²) in [6.45, 7) is 4.05. The lowest BCUT2D eigenvalue weighted by Gasteiger charge is -2.04. The Morgan fingerprint density at radius 2 is 2.13 bits per heavy atom. The second-order valence-electron chi connectivity index (χ2n) is 3.22. The molecular weight excluding hydrogens is 274 g/mol. The van der Waals surface area contributed by atoms with Crippen molar-refractivity contribution in [3.8, 4) is 5.69 Å². The average Bonchev–Trinajstić information content (AvgIpc) is 2.44. The van der Waals surface area contributed by atoms with Crippen molar-refractivity contribution in [1.29, 1.82) is 5.41 Å². The summed E-state index contributed by atoms with van der Waals surface area (Å²) in [7, 11) is 0. The lowest BCUT2D eigenvalue weighted by molar-refractivity contribution is 0.918. The number of pyridine rings is 1. The minimum atomic E-state index is 0.536. The van der Waals surface area contributed by atoms with Gasteiger partial charge in [0, 0.05) is 10.6 Å². The molecule has 0 unspecified atom stereocenters. The molecule has 2 aromatic heterocycles. The Bertz CT molecular complexity index is 539. The van der Waals surface area contributed by atoms with E-state index in [9.17, 15) is 0 Å². The van der Waals surface area contributed by atoms with Crippen LogP contribution in [0.1, 0.15) is 10.6 Å². The molecule has 0 amide bonds. The summed E-state index contributed by atoms with van der Waals surface area (Å²) in [6.07, 6.45) is 1.77. The van der Waals surface area contributed by atoms with Crippen LogP contribution in [0.15, 0.2) is 22.9 Å². The Balaban J connectivity index is 2.64. The van der Waals surface area contributed by atoms with Crippen LogP contribution in [0.5, 0.6) is 0 Å². The third-order valence-corrected chi connectivity index (χ3v) is 3.71. The van der Waals surface area contributed by atoms with E-state index in [2.05, 4.69) is 20.9 Å². The van der Waals surface area contributed by atoms with E-state index in [1.54, 1.807) is 6.20 Å². The largest absolute Gasteiger partial charge is 0.288 e. The second-order valence-corrected chi connectivity index (χ2v) is 5.24. The third-order valence-electron chi connectivity index (χ3n) is 2.27. The van der Waals surface area contributed by atoms with Crippen LogP contribution < -0.4 is 4.80 Å². The lowest BCUT2D eigenvalue weighted by Crippen LogP contribution is -2.12. The highest BCUT2D eigenvalue weighted by Gasteiger charge is 2.06. The first-order valence-corrected chi connectivity index (χ1v) is 6.06. The Labute approximate surface area is 100 Å². The Morgan fingerprint density at radius 3 is 2.60 bits per heavy atom. The van der Waals surface area contributed by atoms with Crippen LogP contribution in [0.3, 0.4) is 0 Å². The lowest BCUT2D eigenvalue weighted by atomic mass is 10.3. The first-order chi connectivity index (χ1) is 7.09. The highest BCUT2D eigenvalue weighted by Crippen LogP contribution is 2.16. The molecule has 0 atom stereocenters. The predicted octanol–water partition coefficient (Wildman–Crippen LogP) is 2.79. The summed E-state index contributed by atoms with van der Waals surface area (Å²) in [5, 5.41) is 7.87. The standard InChI is InChI=1S/C10H10BrN3S/c1-6-7(2)15-10(12)14(6)8-3-4-9(11)13-5-8/h3-5,12H,1-2H3. The molecule has 0 saturated carbocycles. The van der Waals surface area contributed by atoms with Crippen LogP contribution >= 0.6 is 27.3 Å². The summed E-state index contributed by atoms with van der Waals surface area (Å²) in [6, 6.07) is 3.84. The molecule has 1 N–H and O–H groups in total. The molecule has 0 aliphatic carbocycles. The van der Waals surface area contributed by atoms with Crippen molar-refractivity contribution in [3.05, 3.63) is 38.3 Å². The minimum absolute atomic E-state index is 0.536. The zero-order chi connectivity index (χ0) is 11.0. The van der Waals surface area contributed by atoms with E-state index in [4.69, 9.17) is 5.41 Å². The maximum absolute atomic E-state index is 7.87. The number of thiazole rings is 1. The van der Waals surface area contributed by atoms with Gasteiger partial charge in [-0.15, -0.1) is 11.3 Å². The number of rotatable bonds is 1. The molecular formula is C10H10BrN3S. The molecule has 0 aliphatic rings. The highest BCUT2D eigenvalue weighted by atomic mass is 79.9. The van der Waals surface area contributed by atoms with E-state index in [1.807, 2.05) is 30.5 Å². The van der Waals surface area contributed by atoms with Gasteiger partial charge in [-0.3, -0.25) is 9.98 Å². The molecule has 3 nitrogen and oxygen atoms in total. The van der Waals surface area contributed by atoms with Gasteiger partial charge in [0.25, 0.3) is 0 Å². The van der Waals surface area contributed by atoms with E-state index >= 15 is 0 Å². The number of nitrogens with one attached hydrogen (secondary N) is 1. The van der Waals surface area contributed by atoms with Gasteiger partial charge in [0.15, 0.2) is 4.80 Å².